The number of carbonyl (C=O) groups excluding carboxylic acids is 1. The third-order valence-corrected chi connectivity index (χ3v) is 3.65. The van der Waals surface area contributed by atoms with Gasteiger partial charge in [0.05, 0.1) is 25.8 Å². The normalized spacial score (nSPS) is 12.0. The SMILES string of the molecule is CCOC(=O)/C(C=NCc1ccc(OC)cc1)=C(\O)c1c(F)cc(F)cc1F. The lowest BCUT2D eigenvalue weighted by molar-refractivity contribution is -0.137. The van der Waals surface area contributed by atoms with Crippen LogP contribution in [0.2, 0.25) is 0 Å². The van der Waals surface area contributed by atoms with Gasteiger partial charge in [-0.05, 0) is 24.6 Å². The van der Waals surface area contributed by atoms with Crippen LogP contribution in [-0.4, -0.2) is 31.0 Å². The van der Waals surface area contributed by atoms with Gasteiger partial charge in [0.15, 0.2) is 0 Å². The average molecular weight is 393 g/mol. The molecule has 0 saturated heterocycles. The van der Waals surface area contributed by atoms with Crippen molar-refractivity contribution in [1.82, 2.24) is 0 Å². The first kappa shape index (κ1) is 21.0. The molecule has 0 aliphatic rings. The fourth-order valence-electron chi connectivity index (χ4n) is 2.30. The Hall–Kier alpha value is -3.29. The molecule has 2 rings (SSSR count). The van der Waals surface area contributed by atoms with Gasteiger partial charge in [-0.15, -0.1) is 0 Å². The van der Waals surface area contributed by atoms with E-state index < -0.39 is 40.3 Å². The summed E-state index contributed by atoms with van der Waals surface area (Å²) in [7, 11) is 1.53. The minimum Gasteiger partial charge on any atom is -0.506 e. The minimum atomic E-state index is -1.36. The van der Waals surface area contributed by atoms with Crippen molar-refractivity contribution in [1.29, 1.82) is 0 Å². The van der Waals surface area contributed by atoms with Crippen molar-refractivity contribution in [2.75, 3.05) is 13.7 Å². The fourth-order valence-corrected chi connectivity index (χ4v) is 2.30. The Morgan fingerprint density at radius 3 is 2.29 bits per heavy atom. The Morgan fingerprint density at radius 2 is 1.75 bits per heavy atom. The number of hydrogen-bond acceptors (Lipinski definition) is 5. The molecule has 0 atom stereocenters. The van der Waals surface area contributed by atoms with Crippen LogP contribution in [0.4, 0.5) is 13.2 Å². The maximum atomic E-state index is 13.9. The van der Waals surface area contributed by atoms with Crippen molar-refractivity contribution in [3.05, 3.63) is 70.5 Å². The quantitative estimate of drug-likeness (QED) is 0.331. The predicted molar refractivity (Wildman–Crippen MR) is 97.7 cm³/mol. The third kappa shape index (κ3) is 5.12. The summed E-state index contributed by atoms with van der Waals surface area (Å²) < 4.78 is 50.8. The number of aliphatic imine (C=N–C) groups is 1. The molecule has 2 aromatic carbocycles. The van der Waals surface area contributed by atoms with Crippen LogP contribution in [0.3, 0.4) is 0 Å². The maximum Gasteiger partial charge on any atom is 0.343 e. The van der Waals surface area contributed by atoms with Gasteiger partial charge in [-0.25, -0.2) is 18.0 Å². The zero-order chi connectivity index (χ0) is 20.7. The first-order chi connectivity index (χ1) is 13.4. The van der Waals surface area contributed by atoms with E-state index in [1.54, 1.807) is 24.3 Å². The zero-order valence-electron chi connectivity index (χ0n) is 15.2. The molecule has 2 aromatic rings. The van der Waals surface area contributed by atoms with Gasteiger partial charge in [-0.3, -0.25) is 4.99 Å². The summed E-state index contributed by atoms with van der Waals surface area (Å²) in [5.41, 5.74) is -0.737. The van der Waals surface area contributed by atoms with Crippen molar-refractivity contribution in [2.24, 2.45) is 4.99 Å². The van der Waals surface area contributed by atoms with Crippen LogP contribution < -0.4 is 4.74 Å². The molecule has 148 valence electrons. The lowest BCUT2D eigenvalue weighted by Crippen LogP contribution is -2.12. The van der Waals surface area contributed by atoms with Crippen LogP contribution in [-0.2, 0) is 16.1 Å². The summed E-state index contributed by atoms with van der Waals surface area (Å²) >= 11 is 0. The fraction of sp³-hybridized carbons (Fsp3) is 0.200. The molecule has 0 aliphatic heterocycles. The number of methoxy groups -OCH3 is 1. The van der Waals surface area contributed by atoms with E-state index in [9.17, 15) is 23.1 Å². The van der Waals surface area contributed by atoms with E-state index in [4.69, 9.17) is 9.47 Å². The molecular formula is C20H18F3NO4. The molecule has 28 heavy (non-hydrogen) atoms. The number of esters is 1. The monoisotopic (exact) mass is 393 g/mol. The number of carbonyl (C=O) groups is 1. The standard InChI is InChI=1S/C20H18F3NO4/c1-3-28-20(26)15(11-24-10-12-4-6-14(27-2)7-5-12)19(25)18-16(22)8-13(21)9-17(18)23/h4-9,11,25H,3,10H2,1-2H3/b19-15-,24-11?. The molecule has 0 radical (unpaired) electrons. The Bertz CT molecular complexity index is 885. The number of benzene rings is 2. The largest absolute Gasteiger partial charge is 0.506 e. The minimum absolute atomic E-state index is 0.0314. The highest BCUT2D eigenvalue weighted by atomic mass is 19.1. The molecule has 0 bridgehead atoms. The van der Waals surface area contributed by atoms with Gasteiger partial charge < -0.3 is 14.6 Å². The second kappa shape index (κ2) is 9.59. The highest BCUT2D eigenvalue weighted by Gasteiger charge is 2.22. The number of hydrogen-bond donors (Lipinski definition) is 1. The highest BCUT2D eigenvalue weighted by Crippen LogP contribution is 2.24. The lowest BCUT2D eigenvalue weighted by atomic mass is 10.1. The van der Waals surface area contributed by atoms with Crippen molar-refractivity contribution < 1.29 is 32.5 Å². The number of nitrogens with zero attached hydrogens (tertiary/aromatic N) is 1. The van der Waals surface area contributed by atoms with E-state index in [1.807, 2.05) is 0 Å². The molecule has 0 saturated carbocycles. The molecule has 0 aliphatic carbocycles. The van der Waals surface area contributed by atoms with Gasteiger partial charge in [0.2, 0.25) is 0 Å². The molecule has 0 unspecified atom stereocenters. The predicted octanol–water partition coefficient (Wildman–Crippen LogP) is 4.22. The first-order valence-electron chi connectivity index (χ1n) is 8.25. The lowest BCUT2D eigenvalue weighted by Gasteiger charge is -2.09. The molecule has 0 amide bonds. The van der Waals surface area contributed by atoms with Crippen LogP contribution in [0.15, 0.2) is 47.0 Å². The van der Waals surface area contributed by atoms with Crippen molar-refractivity contribution in [3.63, 3.8) is 0 Å². The zero-order valence-corrected chi connectivity index (χ0v) is 15.2. The highest BCUT2D eigenvalue weighted by molar-refractivity contribution is 6.15. The number of rotatable bonds is 7. The number of ether oxygens (including phenoxy) is 2. The van der Waals surface area contributed by atoms with E-state index >= 15 is 0 Å². The van der Waals surface area contributed by atoms with Crippen LogP contribution >= 0.6 is 0 Å². The summed E-state index contributed by atoms with van der Waals surface area (Å²) in [6, 6.07) is 7.70. The number of aliphatic hydroxyl groups is 1. The van der Waals surface area contributed by atoms with Crippen LogP contribution in [0.1, 0.15) is 18.1 Å². The Balaban J connectivity index is 2.38. The summed E-state index contributed by atoms with van der Waals surface area (Å²) in [4.78, 5) is 16.1. The van der Waals surface area contributed by atoms with Gasteiger partial charge in [-0.1, -0.05) is 12.1 Å². The molecule has 0 aromatic heterocycles. The summed E-state index contributed by atoms with van der Waals surface area (Å²) in [5.74, 6) is -5.29. The van der Waals surface area contributed by atoms with Gasteiger partial charge in [0.25, 0.3) is 0 Å². The second-order valence-corrected chi connectivity index (χ2v) is 5.55. The average Bonchev–Trinajstić information content (AvgIpc) is 2.65. The van der Waals surface area contributed by atoms with Gasteiger partial charge >= 0.3 is 5.97 Å². The molecule has 5 nitrogen and oxygen atoms in total. The molecule has 1 N–H and O–H groups in total. The van der Waals surface area contributed by atoms with Crippen LogP contribution in [0.25, 0.3) is 5.76 Å². The van der Waals surface area contributed by atoms with E-state index in [-0.39, 0.29) is 13.2 Å². The number of aliphatic hydroxyl groups excluding tert-OH is 1. The molecular weight excluding hydrogens is 375 g/mol. The van der Waals surface area contributed by atoms with Crippen LogP contribution in [0, 0.1) is 17.5 Å². The topological polar surface area (TPSA) is 68.1 Å². The summed E-state index contributed by atoms with van der Waals surface area (Å²) in [6.45, 7) is 1.62. The van der Waals surface area contributed by atoms with Gasteiger partial charge in [0.1, 0.15) is 34.5 Å². The smallest absolute Gasteiger partial charge is 0.343 e. The Kier molecular flexibility index (Phi) is 7.20. The maximum absolute atomic E-state index is 13.9. The second-order valence-electron chi connectivity index (χ2n) is 5.55. The van der Waals surface area contributed by atoms with Crippen molar-refractivity contribution in [3.8, 4) is 5.75 Å². The van der Waals surface area contributed by atoms with E-state index in [0.717, 1.165) is 11.8 Å². The molecule has 0 fully saturated rings. The van der Waals surface area contributed by atoms with E-state index in [1.165, 1.54) is 14.0 Å². The molecule has 0 heterocycles. The Labute approximate surface area is 159 Å². The number of halogens is 3. The third-order valence-electron chi connectivity index (χ3n) is 3.65. The van der Waals surface area contributed by atoms with E-state index in [2.05, 4.69) is 4.99 Å². The Morgan fingerprint density at radius 1 is 1.14 bits per heavy atom. The van der Waals surface area contributed by atoms with Gasteiger partial charge in [-0.2, -0.15) is 0 Å². The summed E-state index contributed by atoms with van der Waals surface area (Å²) in [6.07, 6.45) is 0.958. The van der Waals surface area contributed by atoms with Gasteiger partial charge in [0, 0.05) is 18.3 Å². The van der Waals surface area contributed by atoms with Crippen molar-refractivity contribution >= 4 is 17.9 Å². The van der Waals surface area contributed by atoms with Crippen LogP contribution in [0.5, 0.6) is 5.75 Å². The molecule has 8 heteroatoms. The molecule has 0 spiro atoms. The first-order valence-corrected chi connectivity index (χ1v) is 8.25. The van der Waals surface area contributed by atoms with Crippen molar-refractivity contribution in [2.45, 2.75) is 13.5 Å². The van der Waals surface area contributed by atoms with E-state index in [0.29, 0.717) is 17.9 Å². The summed E-state index contributed by atoms with van der Waals surface area (Å²) in [5, 5.41) is 10.3.